The van der Waals surface area contributed by atoms with Crippen LogP contribution in [0.5, 0.6) is 0 Å². The summed E-state index contributed by atoms with van der Waals surface area (Å²) in [5.74, 6) is 0. The standard InChI is InChI=1S/C58H41N/c1-57(2)48-27-13-12-25-47(48)54-52(37-36-42(56(54)57)40-20-7-4-8-21-40)59(41-34-32-39(33-35-41)38-18-5-3-6-19-38)53-31-17-26-46-45-24-11-16-30-51(45)58(55(46)53)49-28-14-9-22-43(49)44-23-10-15-29-50(44)58/h3-37H,1-2H3. The lowest BCUT2D eigenvalue weighted by molar-refractivity contribution is 0.662. The van der Waals surface area contributed by atoms with Gasteiger partial charge in [0.05, 0.1) is 16.8 Å². The summed E-state index contributed by atoms with van der Waals surface area (Å²) < 4.78 is 0. The van der Waals surface area contributed by atoms with Crippen molar-refractivity contribution in [3.8, 4) is 55.6 Å². The highest BCUT2D eigenvalue weighted by Gasteiger charge is 2.53. The summed E-state index contributed by atoms with van der Waals surface area (Å²) in [5.41, 5.74) is 23.6. The number of hydrogen-bond acceptors (Lipinski definition) is 1. The first kappa shape index (κ1) is 33.9. The number of rotatable bonds is 5. The first-order valence-electron chi connectivity index (χ1n) is 20.8. The molecular weight excluding hydrogens is 711 g/mol. The molecule has 1 spiro atoms. The minimum atomic E-state index is -0.512. The molecule has 12 rings (SSSR count). The second-order valence-corrected chi connectivity index (χ2v) is 16.8. The summed E-state index contributed by atoms with van der Waals surface area (Å²) in [7, 11) is 0. The number of anilines is 3. The summed E-state index contributed by atoms with van der Waals surface area (Å²) in [6.45, 7) is 4.82. The zero-order valence-corrected chi connectivity index (χ0v) is 33.2. The van der Waals surface area contributed by atoms with E-state index in [4.69, 9.17) is 0 Å². The largest absolute Gasteiger partial charge is 0.310 e. The Bertz CT molecular complexity index is 3050. The van der Waals surface area contributed by atoms with Crippen molar-refractivity contribution in [2.24, 2.45) is 0 Å². The average Bonchev–Trinajstić information content (AvgIpc) is 3.87. The molecule has 1 heteroatoms. The monoisotopic (exact) mass is 751 g/mol. The van der Waals surface area contributed by atoms with E-state index in [0.29, 0.717) is 0 Å². The van der Waals surface area contributed by atoms with Crippen LogP contribution < -0.4 is 4.90 Å². The highest BCUT2D eigenvalue weighted by molar-refractivity contribution is 6.03. The van der Waals surface area contributed by atoms with Crippen LogP contribution in [0.4, 0.5) is 17.1 Å². The van der Waals surface area contributed by atoms with Crippen LogP contribution in [0.15, 0.2) is 212 Å². The number of fused-ring (bicyclic) bond motifs is 13. The third-order valence-electron chi connectivity index (χ3n) is 13.5. The van der Waals surface area contributed by atoms with Gasteiger partial charge in [-0.3, -0.25) is 0 Å². The summed E-state index contributed by atoms with van der Waals surface area (Å²) in [6.07, 6.45) is 0. The first-order valence-corrected chi connectivity index (χ1v) is 20.8. The maximum absolute atomic E-state index is 2.59. The molecule has 0 atom stereocenters. The van der Waals surface area contributed by atoms with Gasteiger partial charge in [0.2, 0.25) is 0 Å². The minimum absolute atomic E-state index is 0.227. The van der Waals surface area contributed by atoms with Gasteiger partial charge in [-0.25, -0.2) is 0 Å². The fourth-order valence-electron chi connectivity index (χ4n) is 11.1. The molecule has 0 saturated heterocycles. The number of nitrogens with zero attached hydrogens (tertiary/aromatic N) is 1. The van der Waals surface area contributed by atoms with E-state index in [-0.39, 0.29) is 5.41 Å². The number of hydrogen-bond donors (Lipinski definition) is 0. The molecule has 278 valence electrons. The first-order chi connectivity index (χ1) is 29.1. The molecule has 0 unspecified atom stereocenters. The molecule has 0 amide bonds. The van der Waals surface area contributed by atoms with Crippen molar-refractivity contribution in [3.63, 3.8) is 0 Å². The maximum atomic E-state index is 2.59. The van der Waals surface area contributed by atoms with Gasteiger partial charge in [0.25, 0.3) is 0 Å². The van der Waals surface area contributed by atoms with Crippen LogP contribution in [0.3, 0.4) is 0 Å². The van der Waals surface area contributed by atoms with Crippen molar-refractivity contribution in [2.75, 3.05) is 4.90 Å². The number of benzene rings is 9. The maximum Gasteiger partial charge on any atom is 0.0746 e. The fraction of sp³-hybridized carbons (Fsp3) is 0.0690. The van der Waals surface area contributed by atoms with Gasteiger partial charge in [-0.2, -0.15) is 0 Å². The molecule has 3 aliphatic rings. The van der Waals surface area contributed by atoms with E-state index in [0.717, 1.165) is 5.69 Å². The predicted octanol–water partition coefficient (Wildman–Crippen LogP) is 15.1. The van der Waals surface area contributed by atoms with Crippen molar-refractivity contribution >= 4 is 17.1 Å². The molecule has 0 fully saturated rings. The molecule has 0 N–H and O–H groups in total. The zero-order valence-electron chi connectivity index (χ0n) is 33.2. The predicted molar refractivity (Wildman–Crippen MR) is 246 cm³/mol. The van der Waals surface area contributed by atoms with Gasteiger partial charge in [0.15, 0.2) is 0 Å². The lowest BCUT2D eigenvalue weighted by atomic mass is 9.70. The third kappa shape index (κ3) is 4.62. The van der Waals surface area contributed by atoms with E-state index in [1.807, 2.05) is 0 Å². The fourth-order valence-corrected chi connectivity index (χ4v) is 11.1. The molecule has 59 heavy (non-hydrogen) atoms. The zero-order chi connectivity index (χ0) is 39.3. The Morgan fingerprint density at radius 2 is 0.780 bits per heavy atom. The van der Waals surface area contributed by atoms with Gasteiger partial charge in [-0.15, -0.1) is 0 Å². The average molecular weight is 752 g/mol. The van der Waals surface area contributed by atoms with E-state index in [1.165, 1.54) is 100 Å². The molecule has 9 aromatic carbocycles. The third-order valence-corrected chi connectivity index (χ3v) is 13.5. The quantitative estimate of drug-likeness (QED) is 0.169. The van der Waals surface area contributed by atoms with E-state index in [1.54, 1.807) is 0 Å². The Hall–Kier alpha value is -7.22. The van der Waals surface area contributed by atoms with Crippen LogP contribution in [-0.4, -0.2) is 0 Å². The molecule has 3 aliphatic carbocycles. The van der Waals surface area contributed by atoms with E-state index < -0.39 is 5.41 Å². The van der Waals surface area contributed by atoms with Crippen LogP contribution >= 0.6 is 0 Å². The Balaban J connectivity index is 1.21. The highest BCUT2D eigenvalue weighted by atomic mass is 15.2. The van der Waals surface area contributed by atoms with Gasteiger partial charge in [0, 0.05) is 22.2 Å². The smallest absolute Gasteiger partial charge is 0.0746 e. The summed E-state index contributed by atoms with van der Waals surface area (Å²) in [6, 6.07) is 79.2. The summed E-state index contributed by atoms with van der Waals surface area (Å²) >= 11 is 0. The van der Waals surface area contributed by atoms with Crippen LogP contribution in [0.2, 0.25) is 0 Å². The van der Waals surface area contributed by atoms with Crippen LogP contribution in [0.1, 0.15) is 47.2 Å². The SMILES string of the molecule is CC1(C)c2ccccc2-c2c(N(c3ccc(-c4ccccc4)cc3)c3cccc4c3C3(c5ccccc5-c5ccccc53)c3ccccc3-4)ccc(-c3ccccc3)c21. The van der Waals surface area contributed by atoms with Crippen molar-refractivity contribution in [1.29, 1.82) is 0 Å². The molecule has 9 aromatic rings. The normalized spacial score (nSPS) is 14.2. The van der Waals surface area contributed by atoms with Gasteiger partial charge < -0.3 is 4.90 Å². The Morgan fingerprint density at radius 3 is 1.39 bits per heavy atom. The molecule has 0 radical (unpaired) electrons. The molecule has 0 aliphatic heterocycles. The molecule has 0 saturated carbocycles. The van der Waals surface area contributed by atoms with Crippen molar-refractivity contribution in [3.05, 3.63) is 246 Å². The lowest BCUT2D eigenvalue weighted by Gasteiger charge is -2.37. The van der Waals surface area contributed by atoms with Crippen LogP contribution in [-0.2, 0) is 10.8 Å². The van der Waals surface area contributed by atoms with E-state index >= 15 is 0 Å². The molecule has 0 aromatic heterocycles. The van der Waals surface area contributed by atoms with Crippen molar-refractivity contribution < 1.29 is 0 Å². The highest BCUT2D eigenvalue weighted by Crippen LogP contribution is 2.66. The summed E-state index contributed by atoms with van der Waals surface area (Å²) in [5, 5.41) is 0. The topological polar surface area (TPSA) is 3.24 Å². The Morgan fingerprint density at radius 1 is 0.305 bits per heavy atom. The molecular formula is C58H41N. The van der Waals surface area contributed by atoms with E-state index in [2.05, 4.69) is 231 Å². The molecule has 1 nitrogen and oxygen atoms in total. The lowest BCUT2D eigenvalue weighted by Crippen LogP contribution is -2.28. The van der Waals surface area contributed by atoms with Crippen LogP contribution in [0.25, 0.3) is 55.6 Å². The second-order valence-electron chi connectivity index (χ2n) is 16.8. The van der Waals surface area contributed by atoms with Gasteiger partial charge in [0.1, 0.15) is 0 Å². The van der Waals surface area contributed by atoms with E-state index in [9.17, 15) is 0 Å². The van der Waals surface area contributed by atoms with Gasteiger partial charge in [-0.1, -0.05) is 202 Å². The second kappa shape index (κ2) is 12.6. The van der Waals surface area contributed by atoms with Gasteiger partial charge >= 0.3 is 0 Å². The molecule has 0 heterocycles. The Kier molecular flexibility index (Phi) is 7.26. The minimum Gasteiger partial charge on any atom is -0.310 e. The van der Waals surface area contributed by atoms with Crippen LogP contribution in [0, 0.1) is 0 Å². The summed E-state index contributed by atoms with van der Waals surface area (Å²) in [4.78, 5) is 2.59. The van der Waals surface area contributed by atoms with Crippen molar-refractivity contribution in [2.45, 2.75) is 24.7 Å². The van der Waals surface area contributed by atoms with Crippen molar-refractivity contribution in [1.82, 2.24) is 0 Å². The van der Waals surface area contributed by atoms with Gasteiger partial charge in [-0.05, 0) is 102 Å². The molecule has 0 bridgehead atoms. The Labute approximate surface area is 346 Å².